The third-order valence-corrected chi connectivity index (χ3v) is 6.61. The molecule has 2 aromatic carbocycles. The molecule has 0 aliphatic rings. The van der Waals surface area contributed by atoms with Crippen LogP contribution in [-0.4, -0.2) is 61.5 Å². The third kappa shape index (κ3) is 26.7. The minimum atomic E-state index is -0.414. The molecule has 290 valence electrons. The zero-order chi connectivity index (χ0) is 39.0. The number of halogens is 4. The molecule has 0 unspecified atom stereocenters. The van der Waals surface area contributed by atoms with Crippen LogP contribution in [0.2, 0.25) is 0 Å². The number of hydrogen-bond donors (Lipinski definition) is 0. The molecule has 0 radical (unpaired) electrons. The van der Waals surface area contributed by atoms with Gasteiger partial charge in [-0.15, -0.1) is 0 Å². The van der Waals surface area contributed by atoms with Crippen molar-refractivity contribution in [2.45, 2.75) is 53.4 Å². The van der Waals surface area contributed by atoms with Crippen molar-refractivity contribution in [3.63, 3.8) is 0 Å². The molecule has 0 N–H and O–H groups in total. The SMILES string of the molecule is Cc1ccc(C(C)C)cc1.Cc1ccc(C(C)C)cc1.O=C(OCCOCCOCCOC(=O)c1ccncc1)c1ccncc1.[Cl][Ru][Cl].[Cl][Ru][Cl]. The van der Waals surface area contributed by atoms with Crippen LogP contribution >= 0.6 is 38.8 Å². The first kappa shape index (κ1) is 50.0. The molecule has 0 atom stereocenters. The van der Waals surface area contributed by atoms with Crippen LogP contribution in [0.1, 0.15) is 82.5 Å². The molecule has 0 aliphatic heterocycles. The van der Waals surface area contributed by atoms with E-state index in [-0.39, 0.29) is 56.7 Å². The fourth-order valence-electron chi connectivity index (χ4n) is 3.75. The number of benzene rings is 2. The first-order valence-electron chi connectivity index (χ1n) is 16.1. The number of pyridine rings is 2. The molecular formula is C38H48Cl4N2O6Ru2. The average Bonchev–Trinajstić information content (AvgIpc) is 3.14. The summed E-state index contributed by atoms with van der Waals surface area (Å²) in [7, 11) is 19.4. The van der Waals surface area contributed by atoms with Crippen molar-refractivity contribution < 1.29 is 58.8 Å². The van der Waals surface area contributed by atoms with Gasteiger partial charge in [0.15, 0.2) is 0 Å². The van der Waals surface area contributed by atoms with Gasteiger partial charge in [-0.3, -0.25) is 9.97 Å². The predicted octanol–water partition coefficient (Wildman–Crippen LogP) is 10.5. The molecule has 0 bridgehead atoms. The van der Waals surface area contributed by atoms with Crippen molar-refractivity contribution in [3.8, 4) is 0 Å². The summed E-state index contributed by atoms with van der Waals surface area (Å²) in [5.41, 5.74) is 6.42. The van der Waals surface area contributed by atoms with Crippen molar-refractivity contribution in [1.82, 2.24) is 9.97 Å². The Kier molecular flexibility index (Phi) is 32.3. The van der Waals surface area contributed by atoms with Crippen LogP contribution in [0, 0.1) is 13.8 Å². The minimum absolute atomic E-state index is 0.157. The maximum atomic E-state index is 11.6. The summed E-state index contributed by atoms with van der Waals surface area (Å²) in [6.07, 6.45) is 6.11. The van der Waals surface area contributed by atoms with Gasteiger partial charge in [-0.05, 0) is 61.1 Å². The van der Waals surface area contributed by atoms with Crippen molar-refractivity contribution in [2.75, 3.05) is 39.6 Å². The molecule has 0 saturated heterocycles. The van der Waals surface area contributed by atoms with Crippen LogP contribution in [0.5, 0.6) is 0 Å². The van der Waals surface area contributed by atoms with Gasteiger partial charge in [0, 0.05) is 24.8 Å². The predicted molar refractivity (Wildman–Crippen MR) is 205 cm³/mol. The van der Waals surface area contributed by atoms with Crippen LogP contribution in [0.3, 0.4) is 0 Å². The van der Waals surface area contributed by atoms with Gasteiger partial charge in [0.1, 0.15) is 13.2 Å². The molecule has 4 aromatic rings. The van der Waals surface area contributed by atoms with E-state index in [2.05, 4.69) is 100 Å². The number of hydrogen-bond acceptors (Lipinski definition) is 8. The molecule has 0 saturated carbocycles. The summed E-state index contributed by atoms with van der Waals surface area (Å²) in [4.78, 5) is 30.9. The molecule has 0 fully saturated rings. The average molecular weight is 973 g/mol. The monoisotopic (exact) mass is 972 g/mol. The number of carbonyl (C=O) groups is 2. The van der Waals surface area contributed by atoms with Gasteiger partial charge in [0.2, 0.25) is 0 Å². The van der Waals surface area contributed by atoms with Crippen molar-refractivity contribution in [1.29, 1.82) is 0 Å². The van der Waals surface area contributed by atoms with E-state index in [0.717, 1.165) is 0 Å². The van der Waals surface area contributed by atoms with Crippen LogP contribution in [0.15, 0.2) is 97.6 Å². The summed E-state index contributed by atoms with van der Waals surface area (Å²) in [6.45, 7) is 14.7. The summed E-state index contributed by atoms with van der Waals surface area (Å²) < 4.78 is 20.7. The Hall–Kier alpha value is -1.99. The van der Waals surface area contributed by atoms with Crippen molar-refractivity contribution in [2.24, 2.45) is 0 Å². The number of rotatable bonds is 13. The van der Waals surface area contributed by atoms with Crippen LogP contribution in [0.25, 0.3) is 0 Å². The molecule has 2 heterocycles. The van der Waals surface area contributed by atoms with E-state index in [0.29, 0.717) is 36.2 Å². The normalized spacial score (nSPS) is 10.0. The molecule has 52 heavy (non-hydrogen) atoms. The molecule has 0 spiro atoms. The van der Waals surface area contributed by atoms with Gasteiger partial charge in [-0.1, -0.05) is 87.4 Å². The maximum absolute atomic E-state index is 11.6. The van der Waals surface area contributed by atoms with E-state index >= 15 is 0 Å². The number of carbonyl (C=O) groups excluding carboxylic acids is 2. The Bertz CT molecular complexity index is 1330. The standard InChI is InChI=1S/C18H20N2O6.2C10H14.4ClH.2Ru/c21-17(15-1-5-19-6-2-15)25-13-11-23-9-10-24-12-14-26-18(22)16-3-7-20-8-4-16;2*1-8(2)10-6-4-9(3)5-7-10;;;;;;/h1-8H,9-14H2;2*4-8H,1-3H3;4*1H;;/q;;;;;;;2*+2/p-4. The Balaban J connectivity index is 0.000000814. The first-order chi connectivity index (χ1) is 25.0. The molecule has 4 rings (SSSR count). The zero-order valence-corrected chi connectivity index (χ0v) is 36.7. The van der Waals surface area contributed by atoms with E-state index in [4.69, 9.17) is 57.7 Å². The quantitative estimate of drug-likeness (QED) is 0.0743. The van der Waals surface area contributed by atoms with E-state index in [1.165, 1.54) is 47.0 Å². The van der Waals surface area contributed by atoms with Crippen LogP contribution in [0.4, 0.5) is 0 Å². The summed E-state index contributed by atoms with van der Waals surface area (Å²) >= 11 is -0.691. The molecule has 0 amide bonds. The summed E-state index contributed by atoms with van der Waals surface area (Å²) in [5.74, 6) is 0.479. The fraction of sp³-hybridized carbons (Fsp3) is 0.368. The summed E-state index contributed by atoms with van der Waals surface area (Å²) in [6, 6.07) is 23.8. The van der Waals surface area contributed by atoms with Crippen molar-refractivity contribution >= 4 is 50.7 Å². The molecule has 0 aliphatic carbocycles. The van der Waals surface area contributed by atoms with Crippen molar-refractivity contribution in [3.05, 3.63) is 131 Å². The molecule has 8 nitrogen and oxygen atoms in total. The second-order valence-electron chi connectivity index (χ2n) is 11.2. The Labute approximate surface area is 341 Å². The van der Waals surface area contributed by atoms with Gasteiger partial charge < -0.3 is 18.9 Å². The third-order valence-electron chi connectivity index (χ3n) is 6.61. The van der Waals surface area contributed by atoms with Gasteiger partial charge >= 0.3 is 81.0 Å². The van der Waals surface area contributed by atoms with Gasteiger partial charge in [0.25, 0.3) is 0 Å². The van der Waals surface area contributed by atoms with E-state index in [9.17, 15) is 9.59 Å². The first-order valence-corrected chi connectivity index (χ1v) is 25.1. The number of nitrogens with zero attached hydrogens (tertiary/aromatic N) is 2. The van der Waals surface area contributed by atoms with Gasteiger partial charge in [0.05, 0.1) is 37.6 Å². The summed E-state index contributed by atoms with van der Waals surface area (Å²) in [5, 5.41) is 0. The molecule has 2 aromatic heterocycles. The van der Waals surface area contributed by atoms with E-state index in [1.807, 2.05) is 0 Å². The topological polar surface area (TPSA) is 96.8 Å². The van der Waals surface area contributed by atoms with Gasteiger partial charge in [-0.25, -0.2) is 9.59 Å². The zero-order valence-electron chi connectivity index (χ0n) is 30.2. The number of aryl methyl sites for hydroxylation is 2. The fourth-order valence-corrected chi connectivity index (χ4v) is 3.75. The second-order valence-corrected chi connectivity index (χ2v) is 16.5. The van der Waals surface area contributed by atoms with E-state index < -0.39 is 11.9 Å². The number of esters is 2. The Morgan fingerprint density at radius 3 is 1.06 bits per heavy atom. The Morgan fingerprint density at radius 1 is 0.519 bits per heavy atom. The number of ether oxygens (including phenoxy) is 4. The van der Waals surface area contributed by atoms with Crippen LogP contribution in [-0.2, 0) is 49.2 Å². The van der Waals surface area contributed by atoms with Gasteiger partial charge in [-0.2, -0.15) is 0 Å². The van der Waals surface area contributed by atoms with Crippen LogP contribution < -0.4 is 0 Å². The Morgan fingerprint density at radius 2 is 0.788 bits per heavy atom. The molecular weight excluding hydrogens is 924 g/mol. The van der Waals surface area contributed by atoms with E-state index in [1.54, 1.807) is 24.3 Å². The molecule has 14 heteroatoms. The second kappa shape index (κ2) is 33.6. The number of aromatic nitrogens is 2.